The fourth-order valence-electron chi connectivity index (χ4n) is 1.86. The third kappa shape index (κ3) is 9.95. The molecule has 0 aliphatic heterocycles. The van der Waals surface area contributed by atoms with Gasteiger partial charge in [0.2, 0.25) is 11.8 Å². The summed E-state index contributed by atoms with van der Waals surface area (Å²) in [4.78, 5) is 57.0. The molecule has 142 valence electrons. The maximum Gasteiger partial charge on any atom is 0.328 e. The second kappa shape index (κ2) is 11.8. The van der Waals surface area contributed by atoms with Crippen LogP contribution in [0.15, 0.2) is 0 Å². The first-order chi connectivity index (χ1) is 11.7. The molecule has 0 aromatic carbocycles. The van der Waals surface area contributed by atoms with E-state index in [1.165, 1.54) is 0 Å². The molecule has 0 aromatic rings. The molecule has 25 heavy (non-hydrogen) atoms. The lowest BCUT2D eigenvalue weighted by molar-refractivity contribution is -0.308. The zero-order valence-electron chi connectivity index (χ0n) is 14.5. The third-order valence-corrected chi connectivity index (χ3v) is 2.90. The minimum absolute atomic E-state index is 0.0676. The first-order valence-electron chi connectivity index (χ1n) is 7.80. The van der Waals surface area contributed by atoms with Crippen molar-refractivity contribution in [2.45, 2.75) is 52.1 Å². The van der Waals surface area contributed by atoms with Gasteiger partial charge in [-0.05, 0) is 20.3 Å². The second-order valence-electron chi connectivity index (χ2n) is 4.99. The van der Waals surface area contributed by atoms with Crippen LogP contribution in [-0.2, 0) is 33.4 Å². The summed E-state index contributed by atoms with van der Waals surface area (Å²) in [6.07, 6.45) is -0.829. The third-order valence-electron chi connectivity index (χ3n) is 2.90. The highest BCUT2D eigenvalue weighted by Gasteiger charge is 2.25. The SMILES string of the molecule is CCOC(=O)CC[C@@H](NC(=O)C[C@@H](NC(C)=O)C(=O)[O-])C(=O)OCC. The monoisotopic (exact) mass is 359 g/mol. The molecule has 0 aromatic heterocycles. The molecule has 0 saturated carbocycles. The molecule has 10 heteroatoms. The van der Waals surface area contributed by atoms with Gasteiger partial charge < -0.3 is 30.0 Å². The number of ether oxygens (including phenoxy) is 2. The predicted molar refractivity (Wildman–Crippen MR) is 81.7 cm³/mol. The van der Waals surface area contributed by atoms with E-state index in [9.17, 15) is 29.1 Å². The van der Waals surface area contributed by atoms with Crippen molar-refractivity contribution < 1.29 is 38.6 Å². The maximum atomic E-state index is 12.0. The van der Waals surface area contributed by atoms with Crippen LogP contribution in [0.3, 0.4) is 0 Å². The van der Waals surface area contributed by atoms with Gasteiger partial charge in [0.05, 0.1) is 31.6 Å². The number of rotatable bonds is 11. The highest BCUT2D eigenvalue weighted by Crippen LogP contribution is 2.04. The van der Waals surface area contributed by atoms with Crippen molar-refractivity contribution >= 4 is 29.7 Å². The Balaban J connectivity index is 4.82. The van der Waals surface area contributed by atoms with E-state index in [0.29, 0.717) is 0 Å². The predicted octanol–water partition coefficient (Wildman–Crippen LogP) is -1.98. The van der Waals surface area contributed by atoms with E-state index in [1.54, 1.807) is 13.8 Å². The number of carboxylic acids is 1. The molecule has 0 saturated heterocycles. The molecule has 0 bridgehead atoms. The molecule has 0 unspecified atom stereocenters. The molecule has 0 fully saturated rings. The number of nitrogens with one attached hydrogen (secondary N) is 2. The summed E-state index contributed by atoms with van der Waals surface area (Å²) in [5, 5.41) is 15.3. The number of hydrogen-bond acceptors (Lipinski definition) is 8. The first kappa shape index (κ1) is 22.4. The van der Waals surface area contributed by atoms with E-state index in [1.807, 2.05) is 0 Å². The molecule has 2 amide bonds. The van der Waals surface area contributed by atoms with Crippen LogP contribution in [0.5, 0.6) is 0 Å². The van der Waals surface area contributed by atoms with Gasteiger partial charge in [-0.3, -0.25) is 14.4 Å². The number of amides is 2. The van der Waals surface area contributed by atoms with Crippen molar-refractivity contribution in [2.24, 2.45) is 0 Å². The van der Waals surface area contributed by atoms with E-state index in [0.717, 1.165) is 6.92 Å². The number of aliphatic carboxylic acids is 1. The van der Waals surface area contributed by atoms with Crippen molar-refractivity contribution in [3.05, 3.63) is 0 Å². The average molecular weight is 359 g/mol. The number of esters is 2. The van der Waals surface area contributed by atoms with Gasteiger partial charge in [0.15, 0.2) is 0 Å². The van der Waals surface area contributed by atoms with Crippen LogP contribution in [0.2, 0.25) is 0 Å². The number of hydrogen-bond donors (Lipinski definition) is 2. The van der Waals surface area contributed by atoms with Crippen LogP contribution in [0.1, 0.15) is 40.0 Å². The Hall–Kier alpha value is -2.65. The van der Waals surface area contributed by atoms with Gasteiger partial charge in [-0.2, -0.15) is 0 Å². The van der Waals surface area contributed by atoms with Crippen molar-refractivity contribution in [1.82, 2.24) is 10.6 Å². The van der Waals surface area contributed by atoms with Crippen LogP contribution in [0.25, 0.3) is 0 Å². The minimum Gasteiger partial charge on any atom is -0.548 e. The van der Waals surface area contributed by atoms with Gasteiger partial charge in [0.1, 0.15) is 6.04 Å². The van der Waals surface area contributed by atoms with E-state index in [4.69, 9.17) is 9.47 Å². The summed E-state index contributed by atoms with van der Waals surface area (Å²) in [5.74, 6) is -4.40. The molecule has 0 spiro atoms. The molecule has 10 nitrogen and oxygen atoms in total. The normalized spacial score (nSPS) is 12.4. The lowest BCUT2D eigenvalue weighted by atomic mass is 10.1. The quantitative estimate of drug-likeness (QED) is 0.403. The molecule has 0 radical (unpaired) electrons. The Morgan fingerprint density at radius 3 is 2.04 bits per heavy atom. The van der Waals surface area contributed by atoms with Gasteiger partial charge in [-0.1, -0.05) is 0 Å². The molecule has 0 aliphatic carbocycles. The van der Waals surface area contributed by atoms with E-state index >= 15 is 0 Å². The van der Waals surface area contributed by atoms with E-state index < -0.39 is 48.2 Å². The molecular weight excluding hydrogens is 336 g/mol. The Labute approximate surface area is 145 Å². The zero-order chi connectivity index (χ0) is 19.4. The van der Waals surface area contributed by atoms with Crippen LogP contribution in [0.4, 0.5) is 0 Å². The summed E-state index contributed by atoms with van der Waals surface area (Å²) in [6, 6.07) is -2.68. The van der Waals surface area contributed by atoms with Crippen LogP contribution in [-0.4, -0.2) is 55.0 Å². The van der Waals surface area contributed by atoms with Gasteiger partial charge in [-0.25, -0.2) is 4.79 Å². The van der Waals surface area contributed by atoms with Crippen molar-refractivity contribution in [2.75, 3.05) is 13.2 Å². The molecule has 0 heterocycles. The van der Waals surface area contributed by atoms with E-state index in [-0.39, 0.29) is 26.1 Å². The van der Waals surface area contributed by atoms with Crippen molar-refractivity contribution in [3.63, 3.8) is 0 Å². The molecule has 0 aliphatic rings. The first-order valence-corrected chi connectivity index (χ1v) is 7.80. The molecular formula is C15H23N2O8-. The van der Waals surface area contributed by atoms with Gasteiger partial charge in [0.25, 0.3) is 0 Å². The molecule has 0 rings (SSSR count). The summed E-state index contributed by atoms with van der Waals surface area (Å²) in [7, 11) is 0. The van der Waals surface area contributed by atoms with Gasteiger partial charge in [0, 0.05) is 13.3 Å². The van der Waals surface area contributed by atoms with Gasteiger partial charge in [-0.15, -0.1) is 0 Å². The summed E-state index contributed by atoms with van der Waals surface area (Å²) < 4.78 is 9.55. The average Bonchev–Trinajstić information content (AvgIpc) is 2.50. The minimum atomic E-state index is -1.63. The Morgan fingerprint density at radius 1 is 0.960 bits per heavy atom. The Bertz CT molecular complexity index is 506. The smallest absolute Gasteiger partial charge is 0.328 e. The van der Waals surface area contributed by atoms with Gasteiger partial charge >= 0.3 is 11.9 Å². The highest BCUT2D eigenvalue weighted by atomic mass is 16.5. The fourth-order valence-corrected chi connectivity index (χ4v) is 1.86. The highest BCUT2D eigenvalue weighted by molar-refractivity contribution is 5.89. The summed E-state index contributed by atoms with van der Waals surface area (Å²) in [5.41, 5.74) is 0. The Morgan fingerprint density at radius 2 is 1.56 bits per heavy atom. The molecule has 2 atom stereocenters. The topological polar surface area (TPSA) is 151 Å². The fraction of sp³-hybridized carbons (Fsp3) is 0.667. The maximum absolute atomic E-state index is 12.0. The number of carbonyl (C=O) groups is 5. The summed E-state index contributed by atoms with van der Waals surface area (Å²) >= 11 is 0. The van der Waals surface area contributed by atoms with Crippen molar-refractivity contribution in [1.29, 1.82) is 0 Å². The lowest BCUT2D eigenvalue weighted by Crippen LogP contribution is -2.51. The van der Waals surface area contributed by atoms with Crippen LogP contribution in [0, 0.1) is 0 Å². The number of carbonyl (C=O) groups excluding carboxylic acids is 5. The standard InChI is InChI=1S/C15H24N2O8/c1-4-24-13(20)7-6-10(15(23)25-5-2)17-12(19)8-11(14(21)22)16-9(3)18/h10-11H,4-8H2,1-3H3,(H,16,18)(H,17,19)(H,21,22)/p-1/t10-,11-/m1/s1. The van der Waals surface area contributed by atoms with Crippen LogP contribution < -0.4 is 15.7 Å². The summed E-state index contributed by atoms with van der Waals surface area (Å²) in [6.45, 7) is 4.54. The largest absolute Gasteiger partial charge is 0.548 e. The lowest BCUT2D eigenvalue weighted by Gasteiger charge is -2.21. The van der Waals surface area contributed by atoms with Crippen molar-refractivity contribution in [3.8, 4) is 0 Å². The van der Waals surface area contributed by atoms with E-state index in [2.05, 4.69) is 10.6 Å². The zero-order valence-corrected chi connectivity index (χ0v) is 14.5. The van der Waals surface area contributed by atoms with Crippen LogP contribution >= 0.6 is 0 Å². The second-order valence-corrected chi connectivity index (χ2v) is 4.99. The molecule has 2 N–H and O–H groups in total. The number of carboxylic acid groups (broad SMARTS) is 1. The Kier molecular flexibility index (Phi) is 10.6.